The second kappa shape index (κ2) is 9.81. The molecule has 1 heterocycles. The fourth-order valence-electron chi connectivity index (χ4n) is 2.80. The summed E-state index contributed by atoms with van der Waals surface area (Å²) in [6.45, 7) is 3.35. The molecule has 2 aromatic carbocycles. The van der Waals surface area contributed by atoms with Crippen molar-refractivity contribution in [3.63, 3.8) is 0 Å². The van der Waals surface area contributed by atoms with E-state index in [1.54, 1.807) is 6.07 Å². The molecule has 3 aromatic rings. The molecule has 7 heteroatoms. The molecule has 0 spiro atoms. The van der Waals surface area contributed by atoms with Crippen LogP contribution in [-0.4, -0.2) is 27.8 Å². The standard InChI is InChI=1S/C21H22N4O2S/c1-2-25-19-11-4-3-10-18(19)24-21(25)28-15-20(26)23-16-8-7-9-17(14-16)27-13-6-5-12-22/h3-4,7-11,14H,2,5-6,13,15H2,1H3,(H,23,26). The number of aryl methyl sites for hydroxylation is 1. The van der Waals surface area contributed by atoms with Crippen molar-refractivity contribution in [1.82, 2.24) is 9.55 Å². The molecule has 28 heavy (non-hydrogen) atoms. The van der Waals surface area contributed by atoms with Crippen LogP contribution in [0.15, 0.2) is 53.7 Å². The van der Waals surface area contributed by atoms with Crippen molar-refractivity contribution >= 4 is 34.4 Å². The van der Waals surface area contributed by atoms with Crippen molar-refractivity contribution in [1.29, 1.82) is 5.26 Å². The molecule has 0 saturated heterocycles. The van der Waals surface area contributed by atoms with E-state index in [0.717, 1.165) is 22.7 Å². The molecule has 1 N–H and O–H groups in total. The molecule has 0 bridgehead atoms. The molecule has 3 rings (SSSR count). The van der Waals surface area contributed by atoms with Crippen LogP contribution < -0.4 is 10.1 Å². The molecule has 0 saturated carbocycles. The number of para-hydroxylation sites is 2. The number of carbonyl (C=O) groups excluding carboxylic acids is 1. The lowest BCUT2D eigenvalue weighted by atomic mass is 10.3. The number of amides is 1. The fourth-order valence-corrected chi connectivity index (χ4v) is 3.68. The Balaban J connectivity index is 1.57. The number of thioether (sulfide) groups is 1. The van der Waals surface area contributed by atoms with Gasteiger partial charge in [0.1, 0.15) is 5.75 Å². The second-order valence-corrected chi connectivity index (χ2v) is 7.04. The summed E-state index contributed by atoms with van der Waals surface area (Å²) in [5.41, 5.74) is 2.70. The molecule has 0 atom stereocenters. The second-order valence-electron chi connectivity index (χ2n) is 6.10. The van der Waals surface area contributed by atoms with Gasteiger partial charge in [-0.3, -0.25) is 4.79 Å². The SMILES string of the molecule is CCn1c(SCC(=O)Nc2cccc(OCCCC#N)c2)nc2ccccc21. The predicted molar refractivity (Wildman–Crippen MR) is 112 cm³/mol. The number of hydrogen-bond donors (Lipinski definition) is 1. The van der Waals surface area contributed by atoms with Crippen LogP contribution in [0.3, 0.4) is 0 Å². The van der Waals surface area contributed by atoms with Crippen LogP contribution in [0.5, 0.6) is 5.75 Å². The van der Waals surface area contributed by atoms with Crippen molar-refractivity contribution in [2.24, 2.45) is 0 Å². The molecule has 0 aliphatic carbocycles. The number of nitrogens with zero attached hydrogens (tertiary/aromatic N) is 3. The van der Waals surface area contributed by atoms with Gasteiger partial charge in [-0.15, -0.1) is 0 Å². The Morgan fingerprint density at radius 2 is 2.14 bits per heavy atom. The Kier molecular flexibility index (Phi) is 6.93. The van der Waals surface area contributed by atoms with E-state index < -0.39 is 0 Å². The van der Waals surface area contributed by atoms with E-state index in [1.165, 1.54) is 11.8 Å². The Labute approximate surface area is 168 Å². The number of ether oxygens (including phenoxy) is 1. The molecule has 0 unspecified atom stereocenters. The quantitative estimate of drug-likeness (QED) is 0.428. The van der Waals surface area contributed by atoms with Crippen LogP contribution in [0.4, 0.5) is 5.69 Å². The maximum absolute atomic E-state index is 12.4. The summed E-state index contributed by atoms with van der Waals surface area (Å²) in [6.07, 6.45) is 1.15. The molecule has 1 aromatic heterocycles. The van der Waals surface area contributed by atoms with Gasteiger partial charge in [0.25, 0.3) is 0 Å². The molecule has 0 aliphatic rings. The van der Waals surface area contributed by atoms with Gasteiger partial charge in [0.15, 0.2) is 5.16 Å². The Hall–Kier alpha value is -2.98. The van der Waals surface area contributed by atoms with Gasteiger partial charge in [0.2, 0.25) is 5.91 Å². The van der Waals surface area contributed by atoms with Crippen LogP contribution in [0.2, 0.25) is 0 Å². The average Bonchev–Trinajstić information content (AvgIpc) is 3.07. The van der Waals surface area contributed by atoms with Gasteiger partial charge >= 0.3 is 0 Å². The van der Waals surface area contributed by atoms with E-state index >= 15 is 0 Å². The highest BCUT2D eigenvalue weighted by atomic mass is 32.2. The van der Waals surface area contributed by atoms with Gasteiger partial charge < -0.3 is 14.6 Å². The third-order valence-corrected chi connectivity index (χ3v) is 5.06. The zero-order valence-corrected chi connectivity index (χ0v) is 16.5. The fraction of sp³-hybridized carbons (Fsp3) is 0.286. The van der Waals surface area contributed by atoms with Gasteiger partial charge in [-0.1, -0.05) is 30.0 Å². The lowest BCUT2D eigenvalue weighted by Gasteiger charge is -2.09. The Morgan fingerprint density at radius 1 is 1.29 bits per heavy atom. The smallest absolute Gasteiger partial charge is 0.234 e. The lowest BCUT2D eigenvalue weighted by Crippen LogP contribution is -2.14. The predicted octanol–water partition coefficient (Wildman–Crippen LogP) is 4.47. The summed E-state index contributed by atoms with van der Waals surface area (Å²) in [5, 5.41) is 12.3. The number of benzene rings is 2. The van der Waals surface area contributed by atoms with E-state index in [-0.39, 0.29) is 11.7 Å². The van der Waals surface area contributed by atoms with Gasteiger partial charge in [-0.05, 0) is 37.6 Å². The van der Waals surface area contributed by atoms with Crippen LogP contribution in [0.25, 0.3) is 11.0 Å². The van der Waals surface area contributed by atoms with Gasteiger partial charge in [-0.2, -0.15) is 5.26 Å². The van der Waals surface area contributed by atoms with E-state index in [2.05, 4.69) is 27.9 Å². The van der Waals surface area contributed by atoms with Crippen LogP contribution in [0.1, 0.15) is 19.8 Å². The monoisotopic (exact) mass is 394 g/mol. The first-order valence-corrected chi connectivity index (χ1v) is 10.2. The summed E-state index contributed by atoms with van der Waals surface area (Å²) >= 11 is 1.43. The van der Waals surface area contributed by atoms with E-state index in [1.807, 2.05) is 42.5 Å². The number of imidazole rings is 1. The highest BCUT2D eigenvalue weighted by Crippen LogP contribution is 2.24. The molecule has 0 radical (unpaired) electrons. The Bertz CT molecular complexity index is 993. The summed E-state index contributed by atoms with van der Waals surface area (Å²) in [5.74, 6) is 0.855. The Morgan fingerprint density at radius 3 is 2.96 bits per heavy atom. The molecule has 0 aliphatic heterocycles. The number of rotatable bonds is 9. The van der Waals surface area contributed by atoms with Crippen molar-refractivity contribution in [3.8, 4) is 11.8 Å². The van der Waals surface area contributed by atoms with E-state index in [4.69, 9.17) is 10.00 Å². The summed E-state index contributed by atoms with van der Waals surface area (Å²) in [7, 11) is 0. The number of nitriles is 1. The van der Waals surface area contributed by atoms with Gasteiger partial charge in [0.05, 0.1) is 29.5 Å². The molecular weight excluding hydrogens is 372 g/mol. The van der Waals surface area contributed by atoms with Crippen molar-refractivity contribution < 1.29 is 9.53 Å². The molecule has 144 valence electrons. The highest BCUT2D eigenvalue weighted by Gasteiger charge is 2.12. The average molecular weight is 395 g/mol. The minimum absolute atomic E-state index is 0.0960. The van der Waals surface area contributed by atoms with Crippen LogP contribution in [-0.2, 0) is 11.3 Å². The zero-order valence-electron chi connectivity index (χ0n) is 15.7. The van der Waals surface area contributed by atoms with Gasteiger partial charge in [0, 0.05) is 24.7 Å². The topological polar surface area (TPSA) is 79.9 Å². The van der Waals surface area contributed by atoms with Crippen molar-refractivity contribution in [2.45, 2.75) is 31.5 Å². The number of unbranched alkanes of at least 4 members (excludes halogenated alkanes) is 1. The minimum Gasteiger partial charge on any atom is -0.493 e. The number of anilines is 1. The number of carbonyl (C=O) groups is 1. The third-order valence-electron chi connectivity index (χ3n) is 4.09. The first kappa shape index (κ1) is 19.8. The summed E-state index contributed by atoms with van der Waals surface area (Å²) < 4.78 is 7.72. The first-order valence-electron chi connectivity index (χ1n) is 9.19. The number of aromatic nitrogens is 2. The maximum Gasteiger partial charge on any atom is 0.234 e. The molecule has 6 nitrogen and oxygen atoms in total. The van der Waals surface area contributed by atoms with E-state index in [0.29, 0.717) is 30.9 Å². The number of nitrogens with one attached hydrogen (secondary N) is 1. The summed E-state index contributed by atoms with van der Waals surface area (Å²) in [6, 6.07) is 17.3. The minimum atomic E-state index is -0.0960. The normalized spacial score (nSPS) is 10.6. The van der Waals surface area contributed by atoms with Crippen molar-refractivity contribution in [3.05, 3.63) is 48.5 Å². The number of hydrogen-bond acceptors (Lipinski definition) is 5. The maximum atomic E-state index is 12.4. The van der Waals surface area contributed by atoms with Crippen LogP contribution in [0, 0.1) is 11.3 Å². The molecule has 0 fully saturated rings. The molecule has 1 amide bonds. The molecular formula is C21H22N4O2S. The summed E-state index contributed by atoms with van der Waals surface area (Å²) in [4.78, 5) is 17.0. The number of fused-ring (bicyclic) bond motifs is 1. The third kappa shape index (κ3) is 5.05. The van der Waals surface area contributed by atoms with Gasteiger partial charge in [-0.25, -0.2) is 4.98 Å². The first-order chi connectivity index (χ1) is 13.7. The van der Waals surface area contributed by atoms with Crippen LogP contribution >= 0.6 is 11.8 Å². The van der Waals surface area contributed by atoms with E-state index in [9.17, 15) is 4.79 Å². The highest BCUT2D eigenvalue weighted by molar-refractivity contribution is 7.99. The van der Waals surface area contributed by atoms with Crippen molar-refractivity contribution in [2.75, 3.05) is 17.7 Å². The lowest BCUT2D eigenvalue weighted by molar-refractivity contribution is -0.113. The largest absolute Gasteiger partial charge is 0.493 e. The zero-order chi connectivity index (χ0) is 19.8.